The van der Waals surface area contributed by atoms with Gasteiger partial charge < -0.3 is 29.9 Å². The van der Waals surface area contributed by atoms with Crippen molar-refractivity contribution in [2.45, 2.75) is 33.6 Å². The van der Waals surface area contributed by atoms with Crippen LogP contribution < -0.4 is 20.1 Å². The van der Waals surface area contributed by atoms with Gasteiger partial charge in [0.15, 0.2) is 17.5 Å². The third kappa shape index (κ3) is 8.95. The first-order chi connectivity index (χ1) is 15.1. The Morgan fingerprint density at radius 1 is 1.10 bits per heavy atom. The summed E-state index contributed by atoms with van der Waals surface area (Å²) in [5.74, 6) is 3.07. The first-order valence-corrected chi connectivity index (χ1v) is 11.8. The van der Waals surface area contributed by atoms with E-state index in [1.54, 1.807) is 7.11 Å². The van der Waals surface area contributed by atoms with E-state index in [9.17, 15) is 0 Å². The summed E-state index contributed by atoms with van der Waals surface area (Å²) in [5, 5.41) is 6.92. The lowest BCUT2D eigenvalue weighted by molar-refractivity contribution is 0.124. The maximum Gasteiger partial charge on any atom is 0.190 e. The summed E-state index contributed by atoms with van der Waals surface area (Å²) in [7, 11) is 3.51. The van der Waals surface area contributed by atoms with Crippen LogP contribution in [0.4, 0.5) is 0 Å². The van der Waals surface area contributed by atoms with E-state index >= 15 is 0 Å². The second-order valence-electron chi connectivity index (χ2n) is 8.24. The van der Waals surface area contributed by atoms with E-state index < -0.39 is 0 Å². The number of hydrogen-bond acceptors (Lipinski definition) is 5. The van der Waals surface area contributed by atoms with Crippen LogP contribution in [-0.2, 0) is 6.42 Å². The van der Waals surface area contributed by atoms with Crippen molar-refractivity contribution in [2.24, 2.45) is 10.9 Å². The fourth-order valence-electron chi connectivity index (χ4n) is 3.93. The molecule has 0 bridgehead atoms. The third-order valence-electron chi connectivity index (χ3n) is 5.79. The monoisotopic (exact) mass is 433 g/mol. The van der Waals surface area contributed by atoms with Gasteiger partial charge in [-0.3, -0.25) is 4.99 Å². The molecule has 176 valence electrons. The van der Waals surface area contributed by atoms with Crippen LogP contribution in [-0.4, -0.2) is 88.9 Å². The molecule has 1 aromatic carbocycles. The summed E-state index contributed by atoms with van der Waals surface area (Å²) in [4.78, 5) is 9.48. The number of likely N-dealkylation sites (N-methyl/N-ethyl adjacent to an activating group) is 1. The lowest BCUT2D eigenvalue weighted by Crippen LogP contribution is -2.48. The molecule has 1 unspecified atom stereocenters. The Balaban J connectivity index is 1.65. The molecule has 7 nitrogen and oxygen atoms in total. The number of benzene rings is 1. The van der Waals surface area contributed by atoms with Gasteiger partial charge in [0, 0.05) is 52.9 Å². The van der Waals surface area contributed by atoms with Gasteiger partial charge in [0.1, 0.15) is 0 Å². The molecular formula is C24H43N5O2. The van der Waals surface area contributed by atoms with Gasteiger partial charge in [0.25, 0.3) is 0 Å². The van der Waals surface area contributed by atoms with Crippen LogP contribution in [0.5, 0.6) is 11.5 Å². The topological polar surface area (TPSA) is 61.4 Å². The number of rotatable bonds is 12. The Morgan fingerprint density at radius 2 is 1.84 bits per heavy atom. The Kier molecular flexibility index (Phi) is 11.5. The van der Waals surface area contributed by atoms with E-state index in [2.05, 4.69) is 51.4 Å². The first-order valence-electron chi connectivity index (χ1n) is 11.8. The molecule has 0 aromatic heterocycles. The Bertz CT molecular complexity index is 659. The number of aryl methyl sites for hydroxylation is 1. The van der Waals surface area contributed by atoms with Crippen molar-refractivity contribution in [3.05, 3.63) is 23.8 Å². The Labute approximate surface area is 189 Å². The second kappa shape index (κ2) is 14.1. The quantitative estimate of drug-likeness (QED) is 0.300. The molecule has 0 radical (unpaired) electrons. The molecule has 0 saturated carbocycles. The highest BCUT2D eigenvalue weighted by Gasteiger charge is 2.17. The minimum absolute atomic E-state index is 0.586. The van der Waals surface area contributed by atoms with E-state index in [1.807, 2.05) is 20.0 Å². The molecular weight excluding hydrogens is 390 g/mol. The van der Waals surface area contributed by atoms with E-state index in [-0.39, 0.29) is 0 Å². The SMILES string of the molecule is CCOc1cc(CCCNC(=NC)NCC(C)CN2CCN(CC)CC2)ccc1OC. The Morgan fingerprint density at radius 3 is 2.48 bits per heavy atom. The molecule has 1 aliphatic heterocycles. The lowest BCUT2D eigenvalue weighted by Gasteiger charge is -2.35. The molecule has 0 aliphatic carbocycles. The number of ether oxygens (including phenoxy) is 2. The van der Waals surface area contributed by atoms with E-state index in [0.717, 1.165) is 49.9 Å². The fraction of sp³-hybridized carbons (Fsp3) is 0.708. The van der Waals surface area contributed by atoms with Gasteiger partial charge >= 0.3 is 0 Å². The molecule has 7 heteroatoms. The number of methoxy groups -OCH3 is 1. The third-order valence-corrected chi connectivity index (χ3v) is 5.79. The summed E-state index contributed by atoms with van der Waals surface area (Å²) in [6.07, 6.45) is 2.00. The normalized spacial score (nSPS) is 16.7. The number of guanidine groups is 1. The van der Waals surface area contributed by atoms with Crippen LogP contribution >= 0.6 is 0 Å². The molecule has 1 heterocycles. The van der Waals surface area contributed by atoms with Crippen LogP contribution in [0.3, 0.4) is 0 Å². The van der Waals surface area contributed by atoms with E-state index in [1.165, 1.54) is 38.3 Å². The van der Waals surface area contributed by atoms with Crippen molar-refractivity contribution in [2.75, 3.05) is 73.1 Å². The molecule has 2 rings (SSSR count). The van der Waals surface area contributed by atoms with Gasteiger partial charge in [-0.25, -0.2) is 0 Å². The molecule has 1 fully saturated rings. The second-order valence-corrected chi connectivity index (χ2v) is 8.24. The number of hydrogen-bond donors (Lipinski definition) is 2. The van der Waals surface area contributed by atoms with Crippen LogP contribution in [0.25, 0.3) is 0 Å². The van der Waals surface area contributed by atoms with Crippen molar-refractivity contribution in [1.29, 1.82) is 0 Å². The first kappa shape index (κ1) is 25.3. The van der Waals surface area contributed by atoms with Gasteiger partial charge in [-0.15, -0.1) is 0 Å². The van der Waals surface area contributed by atoms with Gasteiger partial charge in [0.2, 0.25) is 0 Å². The predicted octanol–water partition coefficient (Wildman–Crippen LogP) is 2.47. The Hall–Kier alpha value is -1.99. The summed E-state index contributed by atoms with van der Waals surface area (Å²) in [6, 6.07) is 6.17. The van der Waals surface area contributed by atoms with Crippen LogP contribution in [0.15, 0.2) is 23.2 Å². The van der Waals surface area contributed by atoms with Crippen molar-refractivity contribution in [3.63, 3.8) is 0 Å². The van der Waals surface area contributed by atoms with Gasteiger partial charge in [-0.05, 0) is 49.9 Å². The lowest BCUT2D eigenvalue weighted by atomic mass is 10.1. The van der Waals surface area contributed by atoms with Crippen LogP contribution in [0, 0.1) is 5.92 Å². The maximum absolute atomic E-state index is 5.67. The largest absolute Gasteiger partial charge is 0.493 e. The highest BCUT2D eigenvalue weighted by Crippen LogP contribution is 2.28. The van der Waals surface area contributed by atoms with Crippen molar-refractivity contribution in [3.8, 4) is 11.5 Å². The molecule has 2 N–H and O–H groups in total. The van der Waals surface area contributed by atoms with Crippen molar-refractivity contribution < 1.29 is 9.47 Å². The fourth-order valence-corrected chi connectivity index (χ4v) is 3.93. The zero-order valence-corrected chi connectivity index (χ0v) is 20.2. The van der Waals surface area contributed by atoms with Crippen molar-refractivity contribution >= 4 is 5.96 Å². The molecule has 1 saturated heterocycles. The zero-order chi connectivity index (χ0) is 22.5. The minimum atomic E-state index is 0.586. The summed E-state index contributed by atoms with van der Waals surface area (Å²) < 4.78 is 11.0. The van der Waals surface area contributed by atoms with Crippen molar-refractivity contribution in [1.82, 2.24) is 20.4 Å². The molecule has 31 heavy (non-hydrogen) atoms. The number of nitrogens with zero attached hydrogens (tertiary/aromatic N) is 3. The zero-order valence-electron chi connectivity index (χ0n) is 20.2. The average Bonchev–Trinajstić information content (AvgIpc) is 2.79. The van der Waals surface area contributed by atoms with Gasteiger partial charge in [-0.1, -0.05) is 19.9 Å². The predicted molar refractivity (Wildman–Crippen MR) is 130 cm³/mol. The molecule has 0 amide bonds. The summed E-state index contributed by atoms with van der Waals surface area (Å²) in [6.45, 7) is 16.1. The molecule has 1 aliphatic rings. The number of nitrogens with one attached hydrogen (secondary N) is 2. The highest BCUT2D eigenvalue weighted by molar-refractivity contribution is 5.79. The van der Waals surface area contributed by atoms with Crippen LogP contribution in [0.2, 0.25) is 0 Å². The molecule has 1 atom stereocenters. The molecule has 0 spiro atoms. The number of aliphatic imine (C=N–C) groups is 1. The van der Waals surface area contributed by atoms with E-state index in [4.69, 9.17) is 9.47 Å². The smallest absolute Gasteiger partial charge is 0.190 e. The number of piperazine rings is 1. The highest BCUT2D eigenvalue weighted by atomic mass is 16.5. The molecule has 1 aromatic rings. The van der Waals surface area contributed by atoms with E-state index in [0.29, 0.717) is 12.5 Å². The maximum atomic E-state index is 5.67. The average molecular weight is 434 g/mol. The summed E-state index contributed by atoms with van der Waals surface area (Å²) in [5.41, 5.74) is 1.26. The standard InChI is InChI=1S/C24H43N5O2/c1-6-28-13-15-29(16-14-28)19-20(3)18-27-24(25-4)26-12-8-9-21-10-11-22(30-5)23(17-21)31-7-2/h10-11,17,20H,6-9,12-16,18-19H2,1-5H3,(H2,25,26,27). The van der Waals surface area contributed by atoms with Crippen LogP contribution in [0.1, 0.15) is 32.8 Å². The van der Waals surface area contributed by atoms with Gasteiger partial charge in [-0.2, -0.15) is 0 Å². The summed E-state index contributed by atoms with van der Waals surface area (Å²) >= 11 is 0. The van der Waals surface area contributed by atoms with Gasteiger partial charge in [0.05, 0.1) is 13.7 Å². The minimum Gasteiger partial charge on any atom is -0.493 e.